The molecule has 0 aromatic carbocycles. The van der Waals surface area contributed by atoms with Gasteiger partial charge in [-0.1, -0.05) is 13.0 Å². The van der Waals surface area contributed by atoms with E-state index < -0.39 is 11.4 Å². The van der Waals surface area contributed by atoms with Crippen LogP contribution in [0, 0.1) is 5.92 Å². The zero-order valence-corrected chi connectivity index (χ0v) is 9.02. The van der Waals surface area contributed by atoms with E-state index in [1.807, 2.05) is 13.0 Å². The van der Waals surface area contributed by atoms with E-state index in [1.54, 1.807) is 0 Å². The summed E-state index contributed by atoms with van der Waals surface area (Å²) in [7, 11) is 0. The van der Waals surface area contributed by atoms with Crippen LogP contribution >= 0.6 is 0 Å². The Hall–Kier alpha value is -0.480. The molecule has 0 aliphatic rings. The van der Waals surface area contributed by atoms with Gasteiger partial charge in [-0.15, -0.1) is 6.58 Å². The highest BCUT2D eigenvalue weighted by Crippen LogP contribution is 2.08. The van der Waals surface area contributed by atoms with Crippen LogP contribution in [0.1, 0.15) is 26.7 Å². The first kappa shape index (κ1) is 12.5. The maximum Gasteiger partial charge on any atom is 0.258 e. The summed E-state index contributed by atoms with van der Waals surface area (Å²) < 4.78 is 13.5. The van der Waals surface area contributed by atoms with Crippen LogP contribution in [-0.2, 0) is 16.2 Å². The lowest BCUT2D eigenvalue weighted by Crippen LogP contribution is -2.32. The molecule has 3 nitrogen and oxygen atoms in total. The van der Waals surface area contributed by atoms with Crippen LogP contribution in [0.3, 0.4) is 0 Å². The van der Waals surface area contributed by atoms with Crippen LogP contribution in [0.15, 0.2) is 12.7 Å². The maximum absolute atomic E-state index is 11.2. The molecule has 0 fully saturated rings. The Morgan fingerprint density at radius 1 is 1.77 bits per heavy atom. The Morgan fingerprint density at radius 3 is 2.85 bits per heavy atom. The molecule has 0 spiro atoms. The zero-order valence-electron chi connectivity index (χ0n) is 8.21. The van der Waals surface area contributed by atoms with Crippen molar-refractivity contribution in [3.8, 4) is 0 Å². The third-order valence-corrected chi connectivity index (χ3v) is 2.94. The Morgan fingerprint density at radius 2 is 2.38 bits per heavy atom. The van der Waals surface area contributed by atoms with Crippen molar-refractivity contribution in [2.45, 2.75) is 26.7 Å². The second-order valence-electron chi connectivity index (χ2n) is 3.14. The lowest BCUT2D eigenvalue weighted by molar-refractivity contribution is -0.117. The van der Waals surface area contributed by atoms with Crippen molar-refractivity contribution in [1.82, 2.24) is 4.72 Å². The summed E-state index contributed by atoms with van der Waals surface area (Å²) in [5.41, 5.74) is 0. The van der Waals surface area contributed by atoms with Gasteiger partial charge in [0.1, 0.15) is 5.75 Å². The van der Waals surface area contributed by atoms with Crippen molar-refractivity contribution in [3.05, 3.63) is 12.7 Å². The standard InChI is InChI=1S/C9H17NO2S/c1-4-5-6-8(2)7-13(12)10-9(3)11/h4,8H,1,5-7H2,2-3H3,(H,10,11)/t8-,13?/m0/s1. The van der Waals surface area contributed by atoms with Gasteiger partial charge in [-0.25, -0.2) is 0 Å². The SMILES string of the molecule is C=CCC[C@H](C)C[S+]([O-])NC(C)=O. The molecule has 0 rings (SSSR count). The molecule has 13 heavy (non-hydrogen) atoms. The number of allylic oxidation sites excluding steroid dienone is 1. The summed E-state index contributed by atoms with van der Waals surface area (Å²) >= 11 is -1.22. The maximum atomic E-state index is 11.2. The summed E-state index contributed by atoms with van der Waals surface area (Å²) in [6.07, 6.45) is 3.74. The fourth-order valence-corrected chi connectivity index (χ4v) is 2.03. The van der Waals surface area contributed by atoms with Gasteiger partial charge in [0, 0.05) is 12.8 Å². The molecule has 2 atom stereocenters. The molecule has 0 aromatic rings. The number of hydrogen-bond donors (Lipinski definition) is 1. The van der Waals surface area contributed by atoms with E-state index in [0.29, 0.717) is 11.7 Å². The quantitative estimate of drug-likeness (QED) is 0.524. The highest BCUT2D eigenvalue weighted by atomic mass is 32.2. The van der Waals surface area contributed by atoms with Gasteiger partial charge in [0.2, 0.25) is 0 Å². The molecule has 1 amide bonds. The average Bonchev–Trinajstić information content (AvgIpc) is 1.98. The van der Waals surface area contributed by atoms with Crippen LogP contribution in [-0.4, -0.2) is 16.2 Å². The van der Waals surface area contributed by atoms with E-state index in [9.17, 15) is 9.35 Å². The van der Waals surface area contributed by atoms with Crippen LogP contribution in [0.25, 0.3) is 0 Å². The molecule has 0 saturated carbocycles. The summed E-state index contributed by atoms with van der Waals surface area (Å²) in [5, 5.41) is 0. The van der Waals surface area contributed by atoms with Crippen molar-refractivity contribution in [3.63, 3.8) is 0 Å². The van der Waals surface area contributed by atoms with Crippen LogP contribution in [0.5, 0.6) is 0 Å². The third-order valence-electron chi connectivity index (χ3n) is 1.56. The van der Waals surface area contributed by atoms with E-state index in [2.05, 4.69) is 11.3 Å². The average molecular weight is 203 g/mol. The predicted octanol–water partition coefficient (Wildman–Crippen LogP) is 1.39. The van der Waals surface area contributed by atoms with Crippen molar-refractivity contribution in [2.24, 2.45) is 5.92 Å². The van der Waals surface area contributed by atoms with Crippen molar-refractivity contribution < 1.29 is 9.35 Å². The molecule has 0 saturated heterocycles. The third kappa shape index (κ3) is 7.87. The van der Waals surface area contributed by atoms with Gasteiger partial charge >= 0.3 is 0 Å². The topological polar surface area (TPSA) is 52.2 Å². The van der Waals surface area contributed by atoms with Crippen molar-refractivity contribution >= 4 is 17.3 Å². The molecule has 0 aliphatic carbocycles. The predicted molar refractivity (Wildman–Crippen MR) is 55.4 cm³/mol. The number of rotatable bonds is 6. The van der Waals surface area contributed by atoms with Crippen molar-refractivity contribution in [2.75, 3.05) is 5.75 Å². The lowest BCUT2D eigenvalue weighted by Gasteiger charge is -2.13. The van der Waals surface area contributed by atoms with Gasteiger partial charge in [0.05, 0.1) is 11.4 Å². The summed E-state index contributed by atoms with van der Waals surface area (Å²) in [6.45, 7) is 7.00. The number of nitrogens with one attached hydrogen (secondary N) is 1. The number of hydrogen-bond acceptors (Lipinski definition) is 2. The van der Waals surface area contributed by atoms with Gasteiger partial charge < -0.3 is 4.55 Å². The molecule has 1 N–H and O–H groups in total. The Balaban J connectivity index is 3.57. The monoisotopic (exact) mass is 203 g/mol. The normalized spacial score (nSPS) is 14.7. The fourth-order valence-electron chi connectivity index (χ4n) is 0.946. The Kier molecular flexibility index (Phi) is 6.72. The van der Waals surface area contributed by atoms with E-state index in [-0.39, 0.29) is 5.91 Å². The number of carbonyl (C=O) groups excluding carboxylic acids is 1. The van der Waals surface area contributed by atoms with Crippen molar-refractivity contribution in [1.29, 1.82) is 0 Å². The first-order chi connectivity index (χ1) is 6.06. The van der Waals surface area contributed by atoms with Gasteiger partial charge in [-0.2, -0.15) is 4.72 Å². The Labute approximate surface area is 82.9 Å². The zero-order chi connectivity index (χ0) is 10.3. The first-order valence-electron chi connectivity index (χ1n) is 4.32. The summed E-state index contributed by atoms with van der Waals surface area (Å²) in [5.74, 6) is 0.632. The van der Waals surface area contributed by atoms with Gasteiger partial charge in [0.25, 0.3) is 5.91 Å². The molecule has 0 aromatic heterocycles. The molecule has 0 radical (unpaired) electrons. The molecule has 0 aliphatic heterocycles. The second-order valence-corrected chi connectivity index (χ2v) is 4.37. The minimum Gasteiger partial charge on any atom is -0.593 e. The van der Waals surface area contributed by atoms with E-state index in [0.717, 1.165) is 12.8 Å². The highest BCUT2D eigenvalue weighted by Gasteiger charge is 2.13. The molecule has 0 heterocycles. The fraction of sp³-hybridized carbons (Fsp3) is 0.667. The van der Waals surface area contributed by atoms with E-state index in [4.69, 9.17) is 0 Å². The summed E-state index contributed by atoms with van der Waals surface area (Å²) in [4.78, 5) is 10.5. The van der Waals surface area contributed by atoms with Crippen LogP contribution in [0.2, 0.25) is 0 Å². The number of carbonyl (C=O) groups is 1. The van der Waals surface area contributed by atoms with Gasteiger partial charge in [-0.05, 0) is 12.8 Å². The lowest BCUT2D eigenvalue weighted by atomic mass is 10.1. The molecular weight excluding hydrogens is 186 g/mol. The minimum atomic E-state index is -1.22. The van der Waals surface area contributed by atoms with Crippen LogP contribution < -0.4 is 4.72 Å². The largest absolute Gasteiger partial charge is 0.593 e. The summed E-state index contributed by atoms with van der Waals surface area (Å²) in [6, 6.07) is 0. The van der Waals surface area contributed by atoms with E-state index in [1.165, 1.54) is 6.92 Å². The van der Waals surface area contributed by atoms with Gasteiger partial charge in [-0.3, -0.25) is 4.79 Å². The highest BCUT2D eigenvalue weighted by molar-refractivity contribution is 7.90. The molecule has 76 valence electrons. The molecule has 4 heteroatoms. The molecule has 0 bridgehead atoms. The Bertz CT molecular complexity index is 173. The van der Waals surface area contributed by atoms with Crippen LogP contribution in [0.4, 0.5) is 0 Å². The number of amides is 1. The molecule has 1 unspecified atom stereocenters. The smallest absolute Gasteiger partial charge is 0.258 e. The first-order valence-corrected chi connectivity index (χ1v) is 5.64. The van der Waals surface area contributed by atoms with Gasteiger partial charge in [0.15, 0.2) is 0 Å². The minimum absolute atomic E-state index is 0.241. The van der Waals surface area contributed by atoms with E-state index >= 15 is 0 Å². The molecular formula is C9H17NO2S. The second kappa shape index (κ2) is 6.97.